The van der Waals surface area contributed by atoms with Gasteiger partial charge in [-0.15, -0.1) is 0 Å². The number of aromatic hydroxyl groups is 3. The molecule has 2 rings (SSSR count). The highest BCUT2D eigenvalue weighted by atomic mass is 16.5. The van der Waals surface area contributed by atoms with Gasteiger partial charge in [0, 0.05) is 5.56 Å². The van der Waals surface area contributed by atoms with E-state index >= 15 is 0 Å². The monoisotopic (exact) mass is 298 g/mol. The van der Waals surface area contributed by atoms with Gasteiger partial charge in [0.15, 0.2) is 23.4 Å². The van der Waals surface area contributed by atoms with Crippen LogP contribution in [-0.4, -0.2) is 31.2 Å². The van der Waals surface area contributed by atoms with Gasteiger partial charge in [-0.3, -0.25) is 0 Å². The van der Waals surface area contributed by atoms with Crippen LogP contribution < -0.4 is 9.67 Å². The van der Waals surface area contributed by atoms with Crippen LogP contribution in [0.15, 0.2) is 30.9 Å². The Labute approximate surface area is 121 Å². The van der Waals surface area contributed by atoms with Crippen LogP contribution in [0.2, 0.25) is 0 Å². The van der Waals surface area contributed by atoms with E-state index < -0.39 is 28.8 Å². The van der Waals surface area contributed by atoms with Crippen molar-refractivity contribution in [1.82, 2.24) is 4.73 Å². The summed E-state index contributed by atoms with van der Waals surface area (Å²) in [6.45, 7) is 4.00. The number of imidazole rings is 1. The number of hydrogen-bond acceptors (Lipinski definition) is 6. The molecular formula is C13H18N2O6. The molecule has 0 bridgehead atoms. The molecule has 8 heteroatoms. The molecule has 0 unspecified atom stereocenters. The Balaban J connectivity index is 0.000000377. The molecule has 0 amide bonds. The van der Waals surface area contributed by atoms with Gasteiger partial charge in [0.05, 0.1) is 13.0 Å². The van der Waals surface area contributed by atoms with E-state index in [1.807, 2.05) is 20.9 Å². The van der Waals surface area contributed by atoms with Gasteiger partial charge in [-0.1, -0.05) is 18.6 Å². The van der Waals surface area contributed by atoms with Crippen molar-refractivity contribution in [3.8, 4) is 17.2 Å². The van der Waals surface area contributed by atoms with E-state index in [0.29, 0.717) is 0 Å². The number of aryl methyl sites for hydroxylation is 1. The highest BCUT2D eigenvalue weighted by Gasteiger charge is 2.07. The van der Waals surface area contributed by atoms with E-state index in [-0.39, 0.29) is 0 Å². The van der Waals surface area contributed by atoms with Crippen LogP contribution in [0, 0.1) is 0 Å². The zero-order valence-electron chi connectivity index (χ0n) is 11.9. The summed E-state index contributed by atoms with van der Waals surface area (Å²) < 4.78 is 2.75. The van der Waals surface area contributed by atoms with Crippen molar-refractivity contribution in [2.45, 2.75) is 13.8 Å². The van der Waals surface area contributed by atoms with Gasteiger partial charge in [0.1, 0.15) is 6.20 Å². The number of carbonyl (C=O) groups excluding carboxylic acids is 1. The van der Waals surface area contributed by atoms with Gasteiger partial charge in [-0.2, -0.15) is 0 Å². The largest absolute Gasteiger partial charge is 0.545 e. The SMILES string of the molecule is CC.C[n+]1ccn(O)c1.O=C([O-])c1cc(O)c(O)c(O)c1. The number of rotatable bonds is 1. The summed E-state index contributed by atoms with van der Waals surface area (Å²) >= 11 is 0. The number of nitrogens with zero attached hydrogens (tertiary/aromatic N) is 2. The lowest BCUT2D eigenvalue weighted by Gasteiger charge is -2.05. The van der Waals surface area contributed by atoms with Crippen molar-refractivity contribution in [2.24, 2.45) is 7.05 Å². The molecule has 0 spiro atoms. The molecule has 21 heavy (non-hydrogen) atoms. The molecule has 8 nitrogen and oxygen atoms in total. The van der Waals surface area contributed by atoms with Gasteiger partial charge in [-0.05, 0) is 12.1 Å². The lowest BCUT2D eigenvalue weighted by atomic mass is 10.2. The zero-order valence-corrected chi connectivity index (χ0v) is 11.9. The Morgan fingerprint density at radius 1 is 1.19 bits per heavy atom. The summed E-state index contributed by atoms with van der Waals surface area (Å²) in [5.41, 5.74) is -0.400. The third kappa shape index (κ3) is 5.72. The first kappa shape index (κ1) is 18.1. The number of aromatic nitrogens is 2. The summed E-state index contributed by atoms with van der Waals surface area (Å²) in [5.74, 6) is -3.69. The number of carboxylic acids is 1. The van der Waals surface area contributed by atoms with Crippen molar-refractivity contribution >= 4 is 5.97 Å². The van der Waals surface area contributed by atoms with Crippen LogP contribution in [0.25, 0.3) is 0 Å². The summed E-state index contributed by atoms with van der Waals surface area (Å²) in [6.07, 6.45) is 4.86. The summed E-state index contributed by atoms with van der Waals surface area (Å²) in [5, 5.41) is 45.2. The molecule has 1 heterocycles. The molecule has 0 saturated heterocycles. The number of phenolic OH excluding ortho intramolecular Hbond substituents is 3. The van der Waals surface area contributed by atoms with E-state index in [0.717, 1.165) is 16.9 Å². The van der Waals surface area contributed by atoms with Gasteiger partial charge < -0.3 is 30.4 Å². The fraction of sp³-hybridized carbons (Fsp3) is 0.231. The molecule has 0 aliphatic heterocycles. The molecule has 2 aromatic rings. The predicted molar refractivity (Wildman–Crippen MR) is 69.9 cm³/mol. The normalized spacial score (nSPS) is 8.90. The first-order valence-electron chi connectivity index (χ1n) is 6.00. The number of benzene rings is 1. The van der Waals surface area contributed by atoms with Crippen molar-refractivity contribution in [1.29, 1.82) is 0 Å². The van der Waals surface area contributed by atoms with Gasteiger partial charge in [0.25, 0.3) is 6.33 Å². The number of hydrogen-bond donors (Lipinski definition) is 4. The molecule has 0 aliphatic carbocycles. The standard InChI is InChI=1S/C7H6O5.C4H7N2O.C2H6/c8-4-1-3(7(11)12)2-5(9)6(4)10;1-5-2-3-6(7)4-5;1-2/h1-2,8-10H,(H,11,12);2-4,7H,1H3;1-2H3/q;+1;/p-1. The maximum atomic E-state index is 10.2. The fourth-order valence-corrected chi connectivity index (χ4v) is 1.16. The molecule has 4 N–H and O–H groups in total. The molecule has 116 valence electrons. The van der Waals surface area contributed by atoms with Gasteiger partial charge >= 0.3 is 0 Å². The van der Waals surface area contributed by atoms with Crippen LogP contribution in [0.1, 0.15) is 24.2 Å². The Morgan fingerprint density at radius 2 is 1.67 bits per heavy atom. The number of carboxylic acid groups (broad SMARTS) is 1. The quantitative estimate of drug-likeness (QED) is 0.326. The molecule has 0 fully saturated rings. The fourth-order valence-electron chi connectivity index (χ4n) is 1.16. The molecule has 1 aromatic carbocycles. The maximum Gasteiger partial charge on any atom is 0.283 e. The predicted octanol–water partition coefficient (Wildman–Crippen LogP) is -0.257. The minimum atomic E-state index is -1.54. The highest BCUT2D eigenvalue weighted by Crippen LogP contribution is 2.34. The Morgan fingerprint density at radius 3 is 1.90 bits per heavy atom. The molecule has 0 atom stereocenters. The third-order valence-electron chi connectivity index (χ3n) is 2.06. The Hall–Kier alpha value is -2.90. The first-order valence-corrected chi connectivity index (χ1v) is 6.00. The van der Waals surface area contributed by atoms with Gasteiger partial charge in [-0.25, -0.2) is 4.57 Å². The van der Waals surface area contributed by atoms with Crippen molar-refractivity contribution in [2.75, 3.05) is 0 Å². The van der Waals surface area contributed by atoms with Crippen LogP contribution >= 0.6 is 0 Å². The minimum Gasteiger partial charge on any atom is -0.545 e. The zero-order chi connectivity index (χ0) is 16.6. The van der Waals surface area contributed by atoms with E-state index in [1.54, 1.807) is 23.3 Å². The van der Waals surface area contributed by atoms with E-state index in [1.165, 1.54) is 0 Å². The number of phenols is 3. The highest BCUT2D eigenvalue weighted by molar-refractivity contribution is 5.87. The average molecular weight is 298 g/mol. The smallest absolute Gasteiger partial charge is 0.283 e. The minimum absolute atomic E-state index is 0.400. The van der Waals surface area contributed by atoms with Crippen LogP contribution in [0.5, 0.6) is 17.2 Å². The topological polar surface area (TPSA) is 130 Å². The van der Waals surface area contributed by atoms with Gasteiger partial charge in [0.2, 0.25) is 0 Å². The molecule has 0 aliphatic rings. The second kappa shape index (κ2) is 8.31. The van der Waals surface area contributed by atoms with Crippen LogP contribution in [-0.2, 0) is 7.05 Å². The van der Waals surface area contributed by atoms with E-state index in [9.17, 15) is 9.90 Å². The Kier molecular flexibility index (Phi) is 7.16. The third-order valence-corrected chi connectivity index (χ3v) is 2.06. The molecular weight excluding hydrogens is 280 g/mol. The second-order valence-electron chi connectivity index (χ2n) is 3.61. The van der Waals surface area contributed by atoms with Crippen molar-refractivity contribution in [3.05, 3.63) is 36.4 Å². The van der Waals surface area contributed by atoms with Crippen LogP contribution in [0.4, 0.5) is 0 Å². The maximum absolute atomic E-state index is 10.2. The van der Waals surface area contributed by atoms with E-state index in [2.05, 4.69) is 0 Å². The van der Waals surface area contributed by atoms with Crippen molar-refractivity contribution in [3.63, 3.8) is 0 Å². The second-order valence-corrected chi connectivity index (χ2v) is 3.61. The summed E-state index contributed by atoms with van der Waals surface area (Å²) in [4.78, 5) is 10.2. The molecule has 1 aromatic heterocycles. The Bertz CT molecular complexity index is 555. The van der Waals surface area contributed by atoms with E-state index in [4.69, 9.17) is 20.5 Å². The number of aromatic carboxylic acids is 1. The lowest BCUT2D eigenvalue weighted by molar-refractivity contribution is -0.672. The summed E-state index contributed by atoms with van der Waals surface area (Å²) in [6, 6.07) is 1.56. The number of carbonyl (C=O) groups is 1. The summed E-state index contributed by atoms with van der Waals surface area (Å²) in [7, 11) is 1.84. The average Bonchev–Trinajstić information content (AvgIpc) is 2.82. The lowest BCUT2D eigenvalue weighted by Crippen LogP contribution is -2.23. The molecule has 0 saturated carbocycles. The van der Waals surface area contributed by atoms with Crippen molar-refractivity contribution < 1.29 is 35.0 Å². The van der Waals surface area contributed by atoms with Crippen LogP contribution in [0.3, 0.4) is 0 Å². The molecule has 0 radical (unpaired) electrons. The first-order chi connectivity index (χ1) is 9.81.